The smallest absolute Gasteiger partial charge is 0.211 e. The van der Waals surface area contributed by atoms with E-state index in [0.29, 0.717) is 6.42 Å². The molecule has 4 nitrogen and oxygen atoms in total. The van der Waals surface area contributed by atoms with Crippen LogP contribution in [-0.4, -0.2) is 31.4 Å². The highest BCUT2D eigenvalue weighted by molar-refractivity contribution is 7.89. The molecule has 0 aromatic heterocycles. The van der Waals surface area contributed by atoms with Crippen LogP contribution in [0.4, 0.5) is 0 Å². The number of sulfonamides is 1. The molecule has 0 amide bonds. The van der Waals surface area contributed by atoms with Crippen molar-refractivity contribution in [1.82, 2.24) is 4.72 Å². The van der Waals surface area contributed by atoms with Crippen LogP contribution < -0.4 is 4.72 Å². The lowest BCUT2D eigenvalue weighted by Crippen LogP contribution is -2.45. The van der Waals surface area contributed by atoms with Crippen LogP contribution in [0.25, 0.3) is 0 Å². The third-order valence-corrected chi connectivity index (χ3v) is 3.86. The summed E-state index contributed by atoms with van der Waals surface area (Å²) < 4.78 is 24.9. The first kappa shape index (κ1) is 10.9. The standard InChI is InChI=1S/C8H17NO3S/c1-2-13(11,12)9-7-5-3-4-6-8(7)10/h7-10H,2-6H2,1H3/t7-,8-/m1/s1. The Labute approximate surface area is 79.4 Å². The van der Waals surface area contributed by atoms with Gasteiger partial charge in [-0.3, -0.25) is 0 Å². The molecular formula is C8H17NO3S. The van der Waals surface area contributed by atoms with Crippen molar-refractivity contribution in [2.24, 2.45) is 0 Å². The third kappa shape index (κ3) is 3.25. The van der Waals surface area contributed by atoms with Gasteiger partial charge in [0, 0.05) is 6.04 Å². The van der Waals surface area contributed by atoms with E-state index in [1.54, 1.807) is 6.92 Å². The van der Waals surface area contributed by atoms with Crippen molar-refractivity contribution in [3.05, 3.63) is 0 Å². The minimum absolute atomic E-state index is 0.0796. The lowest BCUT2D eigenvalue weighted by Gasteiger charge is -2.27. The van der Waals surface area contributed by atoms with E-state index < -0.39 is 16.1 Å². The van der Waals surface area contributed by atoms with Crippen molar-refractivity contribution in [3.8, 4) is 0 Å². The summed E-state index contributed by atoms with van der Waals surface area (Å²) >= 11 is 0. The first-order valence-electron chi connectivity index (χ1n) is 4.73. The molecule has 0 aromatic carbocycles. The molecule has 1 saturated carbocycles. The van der Waals surface area contributed by atoms with E-state index in [1.165, 1.54) is 0 Å². The first-order chi connectivity index (χ1) is 6.05. The summed E-state index contributed by atoms with van der Waals surface area (Å²) in [4.78, 5) is 0. The Balaban J connectivity index is 2.52. The summed E-state index contributed by atoms with van der Waals surface area (Å²) in [6.07, 6.45) is 2.94. The summed E-state index contributed by atoms with van der Waals surface area (Å²) in [5.74, 6) is 0.0796. The maximum absolute atomic E-state index is 11.2. The van der Waals surface area contributed by atoms with Gasteiger partial charge < -0.3 is 5.11 Å². The van der Waals surface area contributed by atoms with Crippen LogP contribution in [0, 0.1) is 0 Å². The number of aliphatic hydroxyl groups is 1. The molecule has 1 rings (SSSR count). The Morgan fingerprint density at radius 1 is 1.38 bits per heavy atom. The highest BCUT2D eigenvalue weighted by Gasteiger charge is 2.26. The number of nitrogens with one attached hydrogen (secondary N) is 1. The van der Waals surface area contributed by atoms with E-state index >= 15 is 0 Å². The number of hydrogen-bond donors (Lipinski definition) is 2. The van der Waals surface area contributed by atoms with E-state index in [2.05, 4.69) is 4.72 Å². The van der Waals surface area contributed by atoms with Crippen LogP contribution in [-0.2, 0) is 10.0 Å². The Morgan fingerprint density at radius 2 is 2.00 bits per heavy atom. The van der Waals surface area contributed by atoms with Gasteiger partial charge in [0.2, 0.25) is 10.0 Å². The van der Waals surface area contributed by atoms with Gasteiger partial charge in [0.1, 0.15) is 0 Å². The van der Waals surface area contributed by atoms with Crippen molar-refractivity contribution in [1.29, 1.82) is 0 Å². The highest BCUT2D eigenvalue weighted by atomic mass is 32.2. The predicted octanol–water partition coefficient (Wildman–Crippen LogP) is 0.229. The zero-order valence-electron chi connectivity index (χ0n) is 7.86. The molecule has 0 saturated heterocycles. The van der Waals surface area contributed by atoms with Gasteiger partial charge in [0.25, 0.3) is 0 Å². The predicted molar refractivity (Wildman–Crippen MR) is 50.9 cm³/mol. The second-order valence-corrected chi connectivity index (χ2v) is 5.52. The molecule has 0 spiro atoms. The SMILES string of the molecule is CCS(=O)(=O)N[C@@H]1CCCC[C@H]1O. The van der Waals surface area contributed by atoms with Crippen molar-refractivity contribution >= 4 is 10.0 Å². The molecule has 78 valence electrons. The van der Waals surface area contributed by atoms with Crippen LogP contribution in [0.3, 0.4) is 0 Å². The monoisotopic (exact) mass is 207 g/mol. The molecule has 0 aliphatic heterocycles. The van der Waals surface area contributed by atoms with Gasteiger partial charge in [-0.1, -0.05) is 12.8 Å². The second kappa shape index (κ2) is 4.39. The topological polar surface area (TPSA) is 66.4 Å². The largest absolute Gasteiger partial charge is 0.391 e. The minimum atomic E-state index is -3.16. The molecular weight excluding hydrogens is 190 g/mol. The number of aliphatic hydroxyl groups excluding tert-OH is 1. The molecule has 5 heteroatoms. The fourth-order valence-electron chi connectivity index (χ4n) is 1.56. The van der Waals surface area contributed by atoms with Crippen molar-refractivity contribution in [2.45, 2.75) is 44.8 Å². The van der Waals surface area contributed by atoms with Crippen molar-refractivity contribution in [3.63, 3.8) is 0 Å². The lowest BCUT2D eigenvalue weighted by atomic mass is 9.93. The van der Waals surface area contributed by atoms with Crippen LogP contribution >= 0.6 is 0 Å². The second-order valence-electron chi connectivity index (χ2n) is 3.48. The van der Waals surface area contributed by atoms with E-state index in [4.69, 9.17) is 0 Å². The van der Waals surface area contributed by atoms with Crippen LogP contribution in [0.2, 0.25) is 0 Å². The maximum Gasteiger partial charge on any atom is 0.211 e. The molecule has 2 atom stereocenters. The van der Waals surface area contributed by atoms with E-state index in [0.717, 1.165) is 19.3 Å². The van der Waals surface area contributed by atoms with Gasteiger partial charge in [0.15, 0.2) is 0 Å². The number of rotatable bonds is 3. The molecule has 0 unspecified atom stereocenters. The zero-order valence-corrected chi connectivity index (χ0v) is 8.68. The van der Waals surface area contributed by atoms with E-state index in [1.807, 2.05) is 0 Å². The molecule has 1 fully saturated rings. The molecule has 1 aliphatic rings. The average molecular weight is 207 g/mol. The fourth-order valence-corrected chi connectivity index (χ4v) is 2.47. The van der Waals surface area contributed by atoms with Crippen LogP contribution in [0.5, 0.6) is 0 Å². The van der Waals surface area contributed by atoms with Gasteiger partial charge in [0.05, 0.1) is 11.9 Å². The van der Waals surface area contributed by atoms with Gasteiger partial charge >= 0.3 is 0 Å². The summed E-state index contributed by atoms with van der Waals surface area (Å²) in [5, 5.41) is 9.50. The van der Waals surface area contributed by atoms with Crippen LogP contribution in [0.1, 0.15) is 32.6 Å². The Bertz CT molecular complexity index is 250. The maximum atomic E-state index is 11.2. The Hall–Kier alpha value is -0.130. The molecule has 2 N–H and O–H groups in total. The quantitative estimate of drug-likeness (QED) is 0.696. The first-order valence-corrected chi connectivity index (χ1v) is 6.38. The summed E-state index contributed by atoms with van der Waals surface area (Å²) in [6.45, 7) is 1.59. The highest BCUT2D eigenvalue weighted by Crippen LogP contribution is 2.18. The summed E-state index contributed by atoms with van der Waals surface area (Å²) in [7, 11) is -3.16. The average Bonchev–Trinajstić information content (AvgIpc) is 2.09. The van der Waals surface area contributed by atoms with Gasteiger partial charge in [-0.15, -0.1) is 0 Å². The van der Waals surface area contributed by atoms with Gasteiger partial charge in [-0.2, -0.15) is 0 Å². The number of hydrogen-bond acceptors (Lipinski definition) is 3. The molecule has 0 heterocycles. The molecule has 0 aromatic rings. The molecule has 13 heavy (non-hydrogen) atoms. The lowest BCUT2D eigenvalue weighted by molar-refractivity contribution is 0.101. The van der Waals surface area contributed by atoms with Crippen molar-refractivity contribution < 1.29 is 13.5 Å². The molecule has 0 bridgehead atoms. The van der Waals surface area contributed by atoms with Crippen molar-refractivity contribution in [2.75, 3.05) is 5.75 Å². The van der Waals surface area contributed by atoms with Crippen LogP contribution in [0.15, 0.2) is 0 Å². The third-order valence-electron chi connectivity index (χ3n) is 2.44. The Morgan fingerprint density at radius 3 is 2.54 bits per heavy atom. The van der Waals surface area contributed by atoms with Gasteiger partial charge in [-0.05, 0) is 19.8 Å². The van der Waals surface area contributed by atoms with E-state index in [-0.39, 0.29) is 11.8 Å². The van der Waals surface area contributed by atoms with Gasteiger partial charge in [-0.25, -0.2) is 13.1 Å². The summed E-state index contributed by atoms with van der Waals surface area (Å²) in [5.41, 5.74) is 0. The fraction of sp³-hybridized carbons (Fsp3) is 1.00. The molecule has 1 aliphatic carbocycles. The summed E-state index contributed by atoms with van der Waals surface area (Å²) in [6, 6.07) is -0.265. The zero-order chi connectivity index (χ0) is 9.90. The van der Waals surface area contributed by atoms with E-state index in [9.17, 15) is 13.5 Å². The minimum Gasteiger partial charge on any atom is -0.391 e. The Kier molecular flexibility index (Phi) is 3.70. The normalized spacial score (nSPS) is 30.3. The molecule has 0 radical (unpaired) electrons.